The molecule has 1 N–H and O–H groups in total. The number of nitrogens with zero attached hydrogens (tertiary/aromatic N) is 1. The van der Waals surface area contributed by atoms with Crippen LogP contribution in [0.4, 0.5) is 0 Å². The van der Waals surface area contributed by atoms with Gasteiger partial charge in [-0.1, -0.05) is 29.8 Å². The van der Waals surface area contributed by atoms with Crippen molar-refractivity contribution in [3.8, 4) is 0 Å². The lowest BCUT2D eigenvalue weighted by molar-refractivity contribution is -0.126. The van der Waals surface area contributed by atoms with Crippen LogP contribution in [-0.4, -0.2) is 44.6 Å². The highest BCUT2D eigenvalue weighted by Gasteiger charge is 2.23. The van der Waals surface area contributed by atoms with Crippen molar-refractivity contribution in [3.05, 3.63) is 41.5 Å². The maximum Gasteiger partial charge on any atom is 0.246 e. The van der Waals surface area contributed by atoms with Crippen LogP contribution >= 0.6 is 0 Å². The molecule has 1 aliphatic heterocycles. The van der Waals surface area contributed by atoms with Gasteiger partial charge in [0.2, 0.25) is 15.9 Å². The van der Waals surface area contributed by atoms with Crippen LogP contribution in [0.1, 0.15) is 24.0 Å². The second-order valence-corrected chi connectivity index (χ2v) is 7.52. The third-order valence-electron chi connectivity index (χ3n) is 3.65. The Morgan fingerprint density at radius 1 is 1.32 bits per heavy atom. The van der Waals surface area contributed by atoms with Gasteiger partial charge in [0.25, 0.3) is 0 Å². The monoisotopic (exact) mass is 322 g/mol. The molecule has 0 atom stereocenters. The van der Waals surface area contributed by atoms with E-state index in [4.69, 9.17) is 0 Å². The summed E-state index contributed by atoms with van der Waals surface area (Å²) in [4.78, 5) is 13.9. The van der Waals surface area contributed by atoms with Crippen molar-refractivity contribution >= 4 is 22.0 Å². The molecule has 0 radical (unpaired) electrons. The summed E-state index contributed by atoms with van der Waals surface area (Å²) in [5.74, 6) is -0.0284. The molecule has 1 aliphatic rings. The molecule has 1 amide bonds. The van der Waals surface area contributed by atoms with Crippen LogP contribution in [0.3, 0.4) is 0 Å². The predicted molar refractivity (Wildman–Crippen MR) is 87.8 cm³/mol. The molecule has 1 heterocycles. The van der Waals surface area contributed by atoms with Crippen LogP contribution < -0.4 is 4.72 Å². The average molecular weight is 322 g/mol. The molecule has 0 spiro atoms. The maximum atomic E-state index is 12.1. The fraction of sp³-hybridized carbons (Fsp3) is 0.438. The van der Waals surface area contributed by atoms with Crippen LogP contribution in [-0.2, 0) is 14.8 Å². The minimum Gasteiger partial charge on any atom is -0.339 e. The Balaban J connectivity index is 1.87. The van der Waals surface area contributed by atoms with Gasteiger partial charge in [0.15, 0.2) is 0 Å². The Bertz CT molecular complexity index is 660. The number of likely N-dealkylation sites (tertiary alicyclic amines) is 1. The fourth-order valence-electron chi connectivity index (χ4n) is 2.57. The van der Waals surface area contributed by atoms with Gasteiger partial charge >= 0.3 is 0 Å². The molecule has 120 valence electrons. The largest absolute Gasteiger partial charge is 0.339 e. The minimum atomic E-state index is -3.18. The van der Waals surface area contributed by atoms with Gasteiger partial charge < -0.3 is 4.90 Å². The minimum absolute atomic E-state index is 0.0284. The molecule has 0 aromatic heterocycles. The van der Waals surface area contributed by atoms with Crippen molar-refractivity contribution in [3.63, 3.8) is 0 Å². The van der Waals surface area contributed by atoms with E-state index >= 15 is 0 Å². The van der Waals surface area contributed by atoms with Gasteiger partial charge in [-0.2, -0.15) is 0 Å². The predicted octanol–water partition coefficient (Wildman–Crippen LogP) is 1.55. The van der Waals surface area contributed by atoms with Crippen LogP contribution in [0.25, 0.3) is 6.08 Å². The molecule has 1 aromatic carbocycles. The number of rotatable bonds is 4. The number of hydrogen-bond donors (Lipinski definition) is 1. The number of nitrogens with one attached hydrogen (secondary N) is 1. The first-order valence-electron chi connectivity index (χ1n) is 7.34. The highest BCUT2D eigenvalue weighted by Crippen LogP contribution is 2.12. The Morgan fingerprint density at radius 3 is 2.59 bits per heavy atom. The van der Waals surface area contributed by atoms with E-state index in [1.54, 1.807) is 11.0 Å². The van der Waals surface area contributed by atoms with Gasteiger partial charge in [-0.15, -0.1) is 0 Å². The smallest absolute Gasteiger partial charge is 0.246 e. The van der Waals surface area contributed by atoms with Crippen LogP contribution in [0.5, 0.6) is 0 Å². The molecular formula is C16H22N2O3S. The molecule has 6 heteroatoms. The van der Waals surface area contributed by atoms with E-state index in [0.29, 0.717) is 25.9 Å². The van der Waals surface area contributed by atoms with E-state index in [1.807, 2.05) is 37.3 Å². The molecule has 22 heavy (non-hydrogen) atoms. The SMILES string of the molecule is Cc1cccc(C=CC(=O)N2CCC(NS(C)(=O)=O)CC2)c1. The summed E-state index contributed by atoms with van der Waals surface area (Å²) in [5, 5.41) is 0. The Labute approximate surface area is 132 Å². The number of aryl methyl sites for hydroxylation is 1. The van der Waals surface area contributed by atoms with Crippen molar-refractivity contribution in [1.29, 1.82) is 0 Å². The highest BCUT2D eigenvalue weighted by atomic mass is 32.2. The third-order valence-corrected chi connectivity index (χ3v) is 4.41. The molecule has 0 saturated carbocycles. The van der Waals surface area contributed by atoms with Crippen LogP contribution in [0.2, 0.25) is 0 Å². The lowest BCUT2D eigenvalue weighted by Crippen LogP contribution is -2.45. The van der Waals surface area contributed by atoms with Gasteiger partial charge in [-0.25, -0.2) is 13.1 Å². The highest BCUT2D eigenvalue weighted by molar-refractivity contribution is 7.88. The number of hydrogen-bond acceptors (Lipinski definition) is 3. The Hall–Kier alpha value is -1.66. The molecule has 1 aromatic rings. The third kappa shape index (κ3) is 5.27. The van der Waals surface area contributed by atoms with E-state index in [2.05, 4.69) is 4.72 Å². The lowest BCUT2D eigenvalue weighted by Gasteiger charge is -2.31. The summed E-state index contributed by atoms with van der Waals surface area (Å²) >= 11 is 0. The molecule has 5 nitrogen and oxygen atoms in total. The molecular weight excluding hydrogens is 300 g/mol. The molecule has 0 bridgehead atoms. The molecule has 0 unspecified atom stereocenters. The number of benzene rings is 1. The molecule has 1 saturated heterocycles. The standard InChI is InChI=1S/C16H22N2O3S/c1-13-4-3-5-14(12-13)6-7-16(19)18-10-8-15(9-11-18)17-22(2,20)21/h3-7,12,15,17H,8-11H2,1-2H3. The van der Waals surface area contributed by atoms with E-state index < -0.39 is 10.0 Å². The quantitative estimate of drug-likeness (QED) is 0.855. The van der Waals surface area contributed by atoms with Gasteiger partial charge in [0, 0.05) is 25.2 Å². The first-order chi connectivity index (χ1) is 10.3. The Kier molecular flexibility index (Phi) is 5.37. The average Bonchev–Trinajstić information content (AvgIpc) is 2.44. The molecule has 1 fully saturated rings. The van der Waals surface area contributed by atoms with Gasteiger partial charge in [-0.3, -0.25) is 4.79 Å². The summed E-state index contributed by atoms with van der Waals surface area (Å²) < 4.78 is 25.0. The maximum absolute atomic E-state index is 12.1. The zero-order chi connectivity index (χ0) is 16.2. The fourth-order valence-corrected chi connectivity index (χ4v) is 3.41. The van der Waals surface area contributed by atoms with Crippen molar-refractivity contribution < 1.29 is 13.2 Å². The number of piperidine rings is 1. The summed E-state index contributed by atoms with van der Waals surface area (Å²) in [7, 11) is -3.18. The van der Waals surface area contributed by atoms with Gasteiger partial charge in [0.05, 0.1) is 6.26 Å². The lowest BCUT2D eigenvalue weighted by atomic mass is 10.1. The zero-order valence-corrected chi connectivity index (χ0v) is 13.8. The first-order valence-corrected chi connectivity index (χ1v) is 9.23. The second-order valence-electron chi connectivity index (χ2n) is 5.74. The van der Waals surface area contributed by atoms with Crippen LogP contribution in [0.15, 0.2) is 30.3 Å². The molecule has 2 rings (SSSR count). The van der Waals surface area contributed by atoms with Crippen molar-refractivity contribution in [2.45, 2.75) is 25.8 Å². The Morgan fingerprint density at radius 2 is 2.00 bits per heavy atom. The van der Waals surface area contributed by atoms with E-state index in [-0.39, 0.29) is 11.9 Å². The number of carbonyl (C=O) groups excluding carboxylic acids is 1. The summed E-state index contributed by atoms with van der Waals surface area (Å²) in [5.41, 5.74) is 2.16. The summed E-state index contributed by atoms with van der Waals surface area (Å²) in [6, 6.07) is 7.88. The van der Waals surface area contributed by atoms with Crippen molar-refractivity contribution in [1.82, 2.24) is 9.62 Å². The normalized spacial score (nSPS) is 17.1. The summed E-state index contributed by atoms with van der Waals surface area (Å²) in [6.45, 7) is 3.16. The van der Waals surface area contributed by atoms with E-state index in [0.717, 1.165) is 17.4 Å². The first kappa shape index (κ1) is 16.7. The van der Waals surface area contributed by atoms with Gasteiger partial charge in [0.1, 0.15) is 0 Å². The van der Waals surface area contributed by atoms with Crippen molar-refractivity contribution in [2.75, 3.05) is 19.3 Å². The van der Waals surface area contributed by atoms with Crippen LogP contribution in [0, 0.1) is 6.92 Å². The molecule has 0 aliphatic carbocycles. The number of carbonyl (C=O) groups is 1. The summed E-state index contributed by atoms with van der Waals surface area (Å²) in [6.07, 6.45) is 5.86. The van der Waals surface area contributed by atoms with Crippen molar-refractivity contribution in [2.24, 2.45) is 0 Å². The topological polar surface area (TPSA) is 66.5 Å². The van der Waals surface area contributed by atoms with Gasteiger partial charge in [-0.05, 0) is 31.4 Å². The van der Waals surface area contributed by atoms with E-state index in [9.17, 15) is 13.2 Å². The zero-order valence-electron chi connectivity index (χ0n) is 13.0. The number of sulfonamides is 1. The van der Waals surface area contributed by atoms with E-state index in [1.165, 1.54) is 0 Å². The number of amides is 1. The second kappa shape index (κ2) is 7.07.